The van der Waals surface area contributed by atoms with E-state index in [1.54, 1.807) is 9.91 Å². The zero-order chi connectivity index (χ0) is 22.5. The van der Waals surface area contributed by atoms with Crippen LogP contribution in [0.5, 0.6) is 0 Å². The smallest absolute Gasteiger partial charge is 0.410 e. The predicted molar refractivity (Wildman–Crippen MR) is 116 cm³/mol. The molecule has 31 heavy (non-hydrogen) atoms. The molecule has 1 aromatic carbocycles. The van der Waals surface area contributed by atoms with E-state index in [-0.39, 0.29) is 21.8 Å². The molecular weight excluding hydrogens is 425 g/mol. The van der Waals surface area contributed by atoms with E-state index in [0.717, 1.165) is 12.8 Å². The molecule has 2 N–H and O–H groups in total. The number of ether oxygens (including phenoxy) is 1. The predicted octanol–water partition coefficient (Wildman–Crippen LogP) is 2.79. The Balaban J connectivity index is 1.69. The van der Waals surface area contributed by atoms with Gasteiger partial charge < -0.3 is 20.4 Å². The normalized spacial score (nSPS) is 18.4. The Labute approximate surface area is 184 Å². The molecular formula is C21H27ClFN5O3. The van der Waals surface area contributed by atoms with Gasteiger partial charge >= 0.3 is 6.09 Å². The number of nitrogens with two attached hydrogens (primary N) is 1. The molecule has 0 radical (unpaired) electrons. The largest absolute Gasteiger partial charge is 0.444 e. The Bertz CT molecular complexity index is 1070. The first kappa shape index (κ1) is 21.8. The van der Waals surface area contributed by atoms with E-state index >= 15 is 0 Å². The summed E-state index contributed by atoms with van der Waals surface area (Å²) in [6.45, 7) is 6.94. The monoisotopic (exact) mass is 451 g/mol. The first-order valence-corrected chi connectivity index (χ1v) is 10.8. The molecule has 8 nitrogen and oxygen atoms in total. The van der Waals surface area contributed by atoms with Gasteiger partial charge in [-0.2, -0.15) is 0 Å². The van der Waals surface area contributed by atoms with Crippen LogP contribution in [0.2, 0.25) is 5.02 Å². The molecule has 1 aromatic heterocycles. The Morgan fingerprint density at radius 3 is 2.48 bits per heavy atom. The lowest BCUT2D eigenvalue weighted by Gasteiger charge is -2.38. The van der Waals surface area contributed by atoms with Crippen molar-refractivity contribution >= 4 is 28.6 Å². The zero-order valence-electron chi connectivity index (χ0n) is 17.9. The van der Waals surface area contributed by atoms with Crippen molar-refractivity contribution in [3.63, 3.8) is 0 Å². The summed E-state index contributed by atoms with van der Waals surface area (Å²) in [4.78, 5) is 31.9. The van der Waals surface area contributed by atoms with Crippen LogP contribution in [-0.2, 0) is 4.74 Å². The molecule has 2 fully saturated rings. The lowest BCUT2D eigenvalue weighted by molar-refractivity contribution is 0.0231. The highest BCUT2D eigenvalue weighted by atomic mass is 35.5. The molecule has 1 atom stereocenters. The van der Waals surface area contributed by atoms with Crippen molar-refractivity contribution in [2.24, 2.45) is 11.7 Å². The number of hydrogen-bond donors (Lipinski definition) is 1. The van der Waals surface area contributed by atoms with E-state index in [2.05, 4.69) is 4.98 Å². The Morgan fingerprint density at radius 1 is 1.26 bits per heavy atom. The van der Waals surface area contributed by atoms with Crippen LogP contribution in [0, 0.1) is 11.7 Å². The number of hydrogen-bond acceptors (Lipinski definition) is 6. The number of nitrogens with zero attached hydrogens (tertiary/aromatic N) is 4. The number of halogens is 2. The van der Waals surface area contributed by atoms with Crippen molar-refractivity contribution in [2.75, 3.05) is 31.2 Å². The summed E-state index contributed by atoms with van der Waals surface area (Å²) in [5, 5.41) is 1.97. The number of piperazine rings is 1. The molecule has 1 aliphatic heterocycles. The Kier molecular flexibility index (Phi) is 5.59. The molecule has 168 valence electrons. The van der Waals surface area contributed by atoms with Gasteiger partial charge in [-0.15, -0.1) is 0 Å². The number of rotatable bonds is 3. The van der Waals surface area contributed by atoms with Crippen LogP contribution in [0.3, 0.4) is 0 Å². The van der Waals surface area contributed by atoms with Crippen LogP contribution in [0.15, 0.2) is 16.9 Å². The van der Waals surface area contributed by atoms with E-state index in [1.165, 1.54) is 16.8 Å². The molecule has 4 rings (SSSR count). The van der Waals surface area contributed by atoms with Crippen molar-refractivity contribution in [2.45, 2.75) is 45.3 Å². The van der Waals surface area contributed by atoms with Crippen molar-refractivity contribution in [3.05, 3.63) is 39.2 Å². The topological polar surface area (TPSA) is 93.7 Å². The fourth-order valence-corrected chi connectivity index (χ4v) is 4.02. The van der Waals surface area contributed by atoms with Crippen molar-refractivity contribution in [3.8, 4) is 0 Å². The van der Waals surface area contributed by atoms with Crippen molar-refractivity contribution in [1.82, 2.24) is 14.6 Å². The second-order valence-electron chi connectivity index (χ2n) is 9.12. The fraction of sp³-hybridized carbons (Fsp3) is 0.571. The van der Waals surface area contributed by atoms with Gasteiger partial charge in [-0.05, 0) is 51.7 Å². The second kappa shape index (κ2) is 7.94. The third-order valence-electron chi connectivity index (χ3n) is 5.55. The number of carbonyl (C=O) groups is 1. The highest BCUT2D eigenvalue weighted by Crippen LogP contribution is 2.39. The first-order chi connectivity index (χ1) is 14.6. The Morgan fingerprint density at radius 2 is 1.90 bits per heavy atom. The van der Waals surface area contributed by atoms with Gasteiger partial charge in [0.05, 0.1) is 29.5 Å². The summed E-state index contributed by atoms with van der Waals surface area (Å²) in [5.74, 6) is -0.0737. The van der Waals surface area contributed by atoms with Gasteiger partial charge in [-0.25, -0.2) is 18.8 Å². The summed E-state index contributed by atoms with van der Waals surface area (Å²) >= 11 is 6.24. The lowest BCUT2D eigenvalue weighted by Crippen LogP contribution is -2.57. The number of carbonyl (C=O) groups excluding carboxylic acids is 1. The fourth-order valence-electron chi connectivity index (χ4n) is 3.79. The van der Waals surface area contributed by atoms with E-state index in [9.17, 15) is 14.0 Å². The molecule has 2 heterocycles. The van der Waals surface area contributed by atoms with Gasteiger partial charge in [0.15, 0.2) is 0 Å². The highest BCUT2D eigenvalue weighted by molar-refractivity contribution is 6.35. The molecule has 1 saturated heterocycles. The van der Waals surface area contributed by atoms with E-state index in [4.69, 9.17) is 22.1 Å². The summed E-state index contributed by atoms with van der Waals surface area (Å²) in [5.41, 5.74) is 5.31. The van der Waals surface area contributed by atoms with E-state index in [1.807, 2.05) is 20.8 Å². The van der Waals surface area contributed by atoms with Crippen LogP contribution in [0.4, 0.5) is 9.18 Å². The lowest BCUT2D eigenvalue weighted by atomic mass is 10.1. The molecule has 0 bridgehead atoms. The number of amides is 1. The van der Waals surface area contributed by atoms with E-state index in [0.29, 0.717) is 32.0 Å². The minimum atomic E-state index is -0.609. The zero-order valence-corrected chi connectivity index (χ0v) is 18.7. The molecule has 1 aliphatic carbocycles. The van der Waals surface area contributed by atoms with Gasteiger partial charge in [-0.1, -0.05) is 11.6 Å². The standard InChI is InChI=1S/C21H27ClFN5O3/c1-21(2,3)31-20(30)26-8-10-27(11-9-26)28-18(16(24)12-4-5-12)25-17-14(23)7-6-13(22)15(17)19(28)29/h6-7,12,16H,4-5,8-11,24H2,1-3H3/t16-/m0/s1. The average molecular weight is 452 g/mol. The van der Waals surface area contributed by atoms with E-state index < -0.39 is 29.1 Å². The summed E-state index contributed by atoms with van der Waals surface area (Å²) in [6, 6.07) is 2.07. The summed E-state index contributed by atoms with van der Waals surface area (Å²) in [6.07, 6.45) is 1.50. The summed E-state index contributed by atoms with van der Waals surface area (Å²) < 4.78 is 21.3. The van der Waals surface area contributed by atoms with Gasteiger partial charge in [-0.3, -0.25) is 4.79 Å². The Hall–Kier alpha value is -2.39. The van der Waals surface area contributed by atoms with Gasteiger partial charge in [0.1, 0.15) is 22.8 Å². The minimum absolute atomic E-state index is 0.0305. The maximum Gasteiger partial charge on any atom is 0.410 e. The van der Waals surface area contributed by atoms with Crippen LogP contribution in [0.1, 0.15) is 45.5 Å². The molecule has 10 heteroatoms. The van der Waals surface area contributed by atoms with Gasteiger partial charge in [0, 0.05) is 13.1 Å². The summed E-state index contributed by atoms with van der Waals surface area (Å²) in [7, 11) is 0. The molecule has 1 saturated carbocycles. The van der Waals surface area contributed by atoms with Crippen LogP contribution in [0.25, 0.3) is 10.9 Å². The van der Waals surface area contributed by atoms with Crippen molar-refractivity contribution in [1.29, 1.82) is 0 Å². The molecule has 2 aromatic rings. The number of aromatic nitrogens is 2. The number of fused-ring (bicyclic) bond motifs is 1. The maximum absolute atomic E-state index is 14.5. The average Bonchev–Trinajstić information content (AvgIpc) is 3.54. The molecule has 2 aliphatic rings. The second-order valence-corrected chi connectivity index (χ2v) is 9.53. The highest BCUT2D eigenvalue weighted by Gasteiger charge is 2.35. The molecule has 1 amide bonds. The minimum Gasteiger partial charge on any atom is -0.444 e. The van der Waals surface area contributed by atoms with Gasteiger partial charge in [0.25, 0.3) is 5.56 Å². The third-order valence-corrected chi connectivity index (χ3v) is 5.86. The quantitative estimate of drug-likeness (QED) is 0.771. The first-order valence-electron chi connectivity index (χ1n) is 10.5. The van der Waals surface area contributed by atoms with Crippen LogP contribution >= 0.6 is 11.6 Å². The SMILES string of the molecule is CC(C)(C)OC(=O)N1CCN(n2c([C@@H](N)C3CC3)nc3c(F)ccc(Cl)c3c2=O)CC1. The number of benzene rings is 1. The van der Waals surface area contributed by atoms with Crippen LogP contribution in [-0.4, -0.2) is 52.4 Å². The maximum atomic E-state index is 14.5. The van der Waals surface area contributed by atoms with Crippen molar-refractivity contribution < 1.29 is 13.9 Å². The molecule has 0 unspecified atom stereocenters. The molecule has 0 spiro atoms. The third kappa shape index (κ3) is 4.34. The van der Waals surface area contributed by atoms with Gasteiger partial charge in [0.2, 0.25) is 0 Å². The van der Waals surface area contributed by atoms with Crippen LogP contribution < -0.4 is 16.3 Å².